The van der Waals surface area contributed by atoms with Crippen molar-refractivity contribution in [3.05, 3.63) is 33.6 Å². The molecule has 6 heteroatoms. The average Bonchev–Trinajstić information content (AvgIpc) is 2.75. The standard InChI is InChI=1S/C12H13N3O2S/c1-7-4-10(17-3)14-12(13-7)15-11(16)9-5-8(2)18-6-9/h4-6H,1-3H3,(H,13,14,15,16). The highest BCUT2D eigenvalue weighted by Gasteiger charge is 2.10. The molecule has 0 aliphatic heterocycles. The number of amides is 1. The zero-order valence-electron chi connectivity index (χ0n) is 10.4. The van der Waals surface area contributed by atoms with E-state index in [1.165, 1.54) is 18.4 Å². The lowest BCUT2D eigenvalue weighted by Gasteiger charge is -2.05. The van der Waals surface area contributed by atoms with Gasteiger partial charge >= 0.3 is 0 Å². The molecule has 18 heavy (non-hydrogen) atoms. The number of nitrogens with zero attached hydrogens (tertiary/aromatic N) is 2. The van der Waals surface area contributed by atoms with Gasteiger partial charge in [-0.15, -0.1) is 11.3 Å². The number of anilines is 1. The Hall–Kier alpha value is -1.95. The first-order valence-electron chi connectivity index (χ1n) is 5.34. The van der Waals surface area contributed by atoms with Crippen LogP contribution in [0, 0.1) is 13.8 Å². The van der Waals surface area contributed by atoms with Crippen molar-refractivity contribution in [2.75, 3.05) is 12.4 Å². The summed E-state index contributed by atoms with van der Waals surface area (Å²) in [5, 5.41) is 4.46. The summed E-state index contributed by atoms with van der Waals surface area (Å²) in [6.07, 6.45) is 0. The third kappa shape index (κ3) is 2.84. The van der Waals surface area contributed by atoms with Crippen LogP contribution in [0.15, 0.2) is 17.5 Å². The maximum Gasteiger partial charge on any atom is 0.258 e. The van der Waals surface area contributed by atoms with E-state index in [0.717, 1.165) is 10.6 Å². The summed E-state index contributed by atoms with van der Waals surface area (Å²) in [5.74, 6) is 0.465. The summed E-state index contributed by atoms with van der Waals surface area (Å²) in [6, 6.07) is 3.53. The van der Waals surface area contributed by atoms with Gasteiger partial charge in [0.1, 0.15) is 0 Å². The van der Waals surface area contributed by atoms with E-state index in [-0.39, 0.29) is 11.9 Å². The van der Waals surface area contributed by atoms with Crippen molar-refractivity contribution in [2.45, 2.75) is 13.8 Å². The SMILES string of the molecule is COc1cc(C)nc(NC(=O)c2csc(C)c2)n1. The molecule has 0 saturated heterocycles. The van der Waals surface area contributed by atoms with Crippen LogP contribution in [0.1, 0.15) is 20.9 Å². The Morgan fingerprint density at radius 2 is 2.11 bits per heavy atom. The minimum absolute atomic E-state index is 0.216. The Morgan fingerprint density at radius 3 is 2.72 bits per heavy atom. The number of aryl methyl sites for hydroxylation is 2. The highest BCUT2D eigenvalue weighted by atomic mass is 32.1. The lowest BCUT2D eigenvalue weighted by molar-refractivity contribution is 0.102. The predicted molar refractivity (Wildman–Crippen MR) is 70.3 cm³/mol. The highest BCUT2D eigenvalue weighted by molar-refractivity contribution is 7.10. The largest absolute Gasteiger partial charge is 0.481 e. The molecular weight excluding hydrogens is 250 g/mol. The minimum atomic E-state index is -0.216. The predicted octanol–water partition coefficient (Wildman–Crippen LogP) is 2.42. The molecule has 1 N–H and O–H groups in total. The number of hydrogen-bond donors (Lipinski definition) is 1. The van der Waals surface area contributed by atoms with Crippen LogP contribution in [-0.4, -0.2) is 23.0 Å². The fourth-order valence-electron chi connectivity index (χ4n) is 1.44. The van der Waals surface area contributed by atoms with Crippen LogP contribution in [0.5, 0.6) is 5.88 Å². The number of nitrogens with one attached hydrogen (secondary N) is 1. The van der Waals surface area contributed by atoms with Crippen LogP contribution >= 0.6 is 11.3 Å². The van der Waals surface area contributed by atoms with Gasteiger partial charge in [0.25, 0.3) is 5.91 Å². The first kappa shape index (κ1) is 12.5. The van der Waals surface area contributed by atoms with Gasteiger partial charge in [0.15, 0.2) is 0 Å². The van der Waals surface area contributed by atoms with Gasteiger partial charge in [-0.25, -0.2) is 4.98 Å². The van der Waals surface area contributed by atoms with Crippen LogP contribution in [0.2, 0.25) is 0 Å². The molecule has 2 aromatic rings. The topological polar surface area (TPSA) is 64.1 Å². The third-order valence-electron chi connectivity index (χ3n) is 2.26. The molecule has 0 aromatic carbocycles. The lowest BCUT2D eigenvalue weighted by atomic mass is 10.3. The van der Waals surface area contributed by atoms with Gasteiger partial charge in [0, 0.05) is 22.0 Å². The van der Waals surface area contributed by atoms with Gasteiger partial charge in [0.05, 0.1) is 12.7 Å². The first-order valence-corrected chi connectivity index (χ1v) is 6.22. The van der Waals surface area contributed by atoms with Crippen molar-refractivity contribution in [2.24, 2.45) is 0 Å². The molecule has 0 atom stereocenters. The molecule has 2 aromatic heterocycles. The average molecular weight is 263 g/mol. The number of ether oxygens (including phenoxy) is 1. The van der Waals surface area contributed by atoms with Crippen molar-refractivity contribution >= 4 is 23.2 Å². The molecule has 0 aliphatic carbocycles. The quantitative estimate of drug-likeness (QED) is 0.923. The van der Waals surface area contributed by atoms with E-state index >= 15 is 0 Å². The van der Waals surface area contributed by atoms with E-state index in [1.54, 1.807) is 11.4 Å². The van der Waals surface area contributed by atoms with E-state index < -0.39 is 0 Å². The van der Waals surface area contributed by atoms with Crippen molar-refractivity contribution in [3.8, 4) is 5.88 Å². The number of carbonyl (C=O) groups is 1. The third-order valence-corrected chi connectivity index (χ3v) is 3.12. The second-order valence-corrected chi connectivity index (χ2v) is 4.89. The Bertz CT molecular complexity index is 580. The molecule has 0 fully saturated rings. The van der Waals surface area contributed by atoms with Crippen LogP contribution in [0.4, 0.5) is 5.95 Å². The summed E-state index contributed by atoms with van der Waals surface area (Å²) in [5.41, 5.74) is 1.35. The van der Waals surface area contributed by atoms with Crippen LogP contribution in [0.25, 0.3) is 0 Å². The number of thiophene rings is 1. The van der Waals surface area contributed by atoms with E-state index in [4.69, 9.17) is 4.74 Å². The van der Waals surface area contributed by atoms with E-state index in [0.29, 0.717) is 11.4 Å². The van der Waals surface area contributed by atoms with Crippen molar-refractivity contribution in [1.82, 2.24) is 9.97 Å². The summed E-state index contributed by atoms with van der Waals surface area (Å²) in [7, 11) is 1.52. The van der Waals surface area contributed by atoms with Gasteiger partial charge < -0.3 is 4.74 Å². The molecule has 2 rings (SSSR count). The first-order chi connectivity index (χ1) is 8.58. The Kier molecular flexibility index (Phi) is 3.57. The van der Waals surface area contributed by atoms with Crippen molar-refractivity contribution in [1.29, 1.82) is 0 Å². The van der Waals surface area contributed by atoms with Crippen LogP contribution < -0.4 is 10.1 Å². The molecule has 0 aliphatic rings. The van der Waals surface area contributed by atoms with Crippen molar-refractivity contribution < 1.29 is 9.53 Å². The highest BCUT2D eigenvalue weighted by Crippen LogP contribution is 2.15. The lowest BCUT2D eigenvalue weighted by Crippen LogP contribution is -2.14. The fourth-order valence-corrected chi connectivity index (χ4v) is 2.12. The number of aromatic nitrogens is 2. The summed E-state index contributed by atoms with van der Waals surface area (Å²) in [4.78, 5) is 21.2. The monoisotopic (exact) mass is 263 g/mol. The second kappa shape index (κ2) is 5.14. The molecule has 0 unspecified atom stereocenters. The van der Waals surface area contributed by atoms with Gasteiger partial charge in [-0.3, -0.25) is 10.1 Å². The fraction of sp³-hybridized carbons (Fsp3) is 0.250. The number of carbonyl (C=O) groups excluding carboxylic acids is 1. The maximum absolute atomic E-state index is 11.9. The van der Waals surface area contributed by atoms with E-state index in [1.807, 2.05) is 19.9 Å². The molecule has 0 bridgehead atoms. The van der Waals surface area contributed by atoms with Crippen LogP contribution in [0.3, 0.4) is 0 Å². The zero-order chi connectivity index (χ0) is 13.1. The van der Waals surface area contributed by atoms with E-state index in [9.17, 15) is 4.79 Å². The number of hydrogen-bond acceptors (Lipinski definition) is 5. The van der Waals surface area contributed by atoms with Gasteiger partial charge in [-0.1, -0.05) is 0 Å². The second-order valence-electron chi connectivity index (χ2n) is 3.78. The molecule has 94 valence electrons. The summed E-state index contributed by atoms with van der Waals surface area (Å²) < 4.78 is 5.03. The smallest absolute Gasteiger partial charge is 0.258 e. The summed E-state index contributed by atoms with van der Waals surface area (Å²) >= 11 is 1.53. The summed E-state index contributed by atoms with van der Waals surface area (Å²) in [6.45, 7) is 3.77. The Morgan fingerprint density at radius 1 is 1.33 bits per heavy atom. The normalized spacial score (nSPS) is 10.2. The molecule has 5 nitrogen and oxygen atoms in total. The van der Waals surface area contributed by atoms with Crippen LogP contribution in [-0.2, 0) is 0 Å². The molecule has 1 amide bonds. The van der Waals surface area contributed by atoms with E-state index in [2.05, 4.69) is 15.3 Å². The zero-order valence-corrected chi connectivity index (χ0v) is 11.2. The van der Waals surface area contributed by atoms with Gasteiger partial charge in [-0.2, -0.15) is 4.98 Å². The number of methoxy groups -OCH3 is 1. The molecule has 0 spiro atoms. The molecule has 0 saturated carbocycles. The molecule has 2 heterocycles. The Labute approximate surface area is 109 Å². The van der Waals surface area contributed by atoms with Crippen molar-refractivity contribution in [3.63, 3.8) is 0 Å². The van der Waals surface area contributed by atoms with Gasteiger partial charge in [0.2, 0.25) is 11.8 Å². The van der Waals surface area contributed by atoms with Gasteiger partial charge in [-0.05, 0) is 19.9 Å². The molecular formula is C12H13N3O2S. The minimum Gasteiger partial charge on any atom is -0.481 e. The maximum atomic E-state index is 11.9. The molecule has 0 radical (unpaired) electrons. The Balaban J connectivity index is 2.18. The number of rotatable bonds is 3.